The number of fused-ring (bicyclic) bond motifs is 5. The molecular formula is C21H24O4. The van der Waals surface area contributed by atoms with Gasteiger partial charge < -0.3 is 15.3 Å². The second kappa shape index (κ2) is 5.29. The number of benzene rings is 2. The van der Waals surface area contributed by atoms with Crippen molar-refractivity contribution in [3.05, 3.63) is 41.0 Å². The summed E-state index contributed by atoms with van der Waals surface area (Å²) in [4.78, 5) is 12.3. The van der Waals surface area contributed by atoms with Gasteiger partial charge in [-0.2, -0.15) is 0 Å². The molecule has 0 heterocycles. The van der Waals surface area contributed by atoms with Crippen LogP contribution in [0.2, 0.25) is 0 Å². The standard InChI is InChI=1S/C21H24O4/c1-12-9-17-15(14-4-3-13(23)10-16(12)14)5-7-20(2)18(17)6-8-21(20,25)19(24)11-22/h3-4,9-10,18,22-23,25H,5-8,11H2,1-2H3/t18-,20-,21-/m0/s1. The van der Waals surface area contributed by atoms with Gasteiger partial charge in [-0.3, -0.25) is 4.79 Å². The molecule has 4 rings (SSSR count). The minimum Gasteiger partial charge on any atom is -0.508 e. The number of phenols is 1. The van der Waals surface area contributed by atoms with Gasteiger partial charge in [0.2, 0.25) is 0 Å². The molecule has 1 saturated carbocycles. The van der Waals surface area contributed by atoms with Crippen molar-refractivity contribution in [1.82, 2.24) is 0 Å². The number of carbonyl (C=O) groups excluding carboxylic acids is 1. The molecule has 4 heteroatoms. The zero-order valence-corrected chi connectivity index (χ0v) is 14.7. The maximum Gasteiger partial charge on any atom is 0.190 e. The van der Waals surface area contributed by atoms with E-state index in [4.69, 9.17) is 0 Å². The van der Waals surface area contributed by atoms with E-state index in [2.05, 4.69) is 6.07 Å². The van der Waals surface area contributed by atoms with E-state index in [1.54, 1.807) is 12.1 Å². The van der Waals surface area contributed by atoms with Crippen LogP contribution in [0.25, 0.3) is 10.8 Å². The Kier molecular flexibility index (Phi) is 3.50. The molecule has 3 atom stereocenters. The van der Waals surface area contributed by atoms with E-state index < -0.39 is 23.4 Å². The number of phenolic OH excluding ortho intramolecular Hbond substituents is 1. The highest BCUT2D eigenvalue weighted by Gasteiger charge is 2.61. The first-order valence-electron chi connectivity index (χ1n) is 8.93. The Morgan fingerprint density at radius 1 is 1.24 bits per heavy atom. The quantitative estimate of drug-likeness (QED) is 0.785. The summed E-state index contributed by atoms with van der Waals surface area (Å²) in [6.07, 6.45) is 2.64. The van der Waals surface area contributed by atoms with E-state index in [0.29, 0.717) is 12.8 Å². The van der Waals surface area contributed by atoms with Crippen molar-refractivity contribution in [2.75, 3.05) is 6.61 Å². The molecule has 0 spiro atoms. The van der Waals surface area contributed by atoms with Gasteiger partial charge in [0.15, 0.2) is 5.78 Å². The van der Waals surface area contributed by atoms with Crippen molar-refractivity contribution in [3.8, 4) is 5.75 Å². The van der Waals surface area contributed by atoms with Crippen LogP contribution in [0.15, 0.2) is 24.3 Å². The van der Waals surface area contributed by atoms with E-state index in [0.717, 1.165) is 29.2 Å². The highest BCUT2D eigenvalue weighted by molar-refractivity contribution is 5.92. The number of carbonyl (C=O) groups is 1. The molecule has 0 radical (unpaired) electrons. The predicted molar refractivity (Wildman–Crippen MR) is 95.8 cm³/mol. The molecule has 0 unspecified atom stereocenters. The fourth-order valence-corrected chi connectivity index (χ4v) is 5.36. The number of rotatable bonds is 2. The number of aliphatic hydroxyl groups excluding tert-OH is 1. The van der Waals surface area contributed by atoms with Gasteiger partial charge in [0.05, 0.1) is 0 Å². The van der Waals surface area contributed by atoms with Crippen molar-refractivity contribution in [1.29, 1.82) is 0 Å². The van der Waals surface area contributed by atoms with Gasteiger partial charge >= 0.3 is 0 Å². The normalized spacial score (nSPS) is 31.0. The van der Waals surface area contributed by atoms with E-state index in [1.165, 1.54) is 11.1 Å². The molecule has 25 heavy (non-hydrogen) atoms. The summed E-state index contributed by atoms with van der Waals surface area (Å²) in [7, 11) is 0. The van der Waals surface area contributed by atoms with Crippen LogP contribution >= 0.6 is 0 Å². The van der Waals surface area contributed by atoms with E-state index >= 15 is 0 Å². The Balaban J connectivity index is 1.91. The van der Waals surface area contributed by atoms with Gasteiger partial charge in [-0.15, -0.1) is 0 Å². The van der Waals surface area contributed by atoms with Crippen molar-refractivity contribution in [3.63, 3.8) is 0 Å². The topological polar surface area (TPSA) is 77.8 Å². The van der Waals surface area contributed by atoms with Crippen molar-refractivity contribution >= 4 is 16.6 Å². The van der Waals surface area contributed by atoms with Gasteiger partial charge in [0.25, 0.3) is 0 Å². The fraction of sp³-hybridized carbons (Fsp3) is 0.476. The van der Waals surface area contributed by atoms with Gasteiger partial charge in [-0.05, 0) is 78.1 Å². The van der Waals surface area contributed by atoms with Crippen molar-refractivity contribution in [2.24, 2.45) is 5.41 Å². The van der Waals surface area contributed by atoms with Crippen molar-refractivity contribution in [2.45, 2.75) is 51.0 Å². The molecule has 0 aliphatic heterocycles. The molecule has 2 aliphatic rings. The number of aromatic hydroxyl groups is 1. The maximum absolute atomic E-state index is 12.3. The number of Topliss-reactive ketones (excluding diaryl/α,β-unsaturated/α-hetero) is 1. The third kappa shape index (κ3) is 2.04. The highest BCUT2D eigenvalue weighted by atomic mass is 16.3. The molecule has 132 valence electrons. The van der Waals surface area contributed by atoms with Crippen LogP contribution in [0.3, 0.4) is 0 Å². The van der Waals surface area contributed by atoms with Crippen molar-refractivity contribution < 1.29 is 20.1 Å². The number of ketones is 1. The van der Waals surface area contributed by atoms with E-state index in [9.17, 15) is 20.1 Å². The Morgan fingerprint density at radius 3 is 2.72 bits per heavy atom. The monoisotopic (exact) mass is 340 g/mol. The smallest absolute Gasteiger partial charge is 0.190 e. The van der Waals surface area contributed by atoms with Gasteiger partial charge in [0, 0.05) is 5.41 Å². The molecule has 4 nitrogen and oxygen atoms in total. The molecule has 0 bridgehead atoms. The van der Waals surface area contributed by atoms with Crippen LogP contribution < -0.4 is 0 Å². The second-order valence-corrected chi connectivity index (χ2v) is 7.94. The van der Waals surface area contributed by atoms with Crippen LogP contribution in [-0.4, -0.2) is 33.3 Å². The third-order valence-electron chi connectivity index (χ3n) is 6.86. The van der Waals surface area contributed by atoms with E-state index in [-0.39, 0.29) is 11.7 Å². The van der Waals surface area contributed by atoms with Crippen LogP contribution in [0.4, 0.5) is 0 Å². The summed E-state index contributed by atoms with van der Waals surface area (Å²) in [5.74, 6) is -0.0861. The first-order chi connectivity index (χ1) is 11.8. The summed E-state index contributed by atoms with van der Waals surface area (Å²) in [5.41, 5.74) is 1.59. The second-order valence-electron chi connectivity index (χ2n) is 7.94. The molecular weight excluding hydrogens is 316 g/mol. The lowest BCUT2D eigenvalue weighted by atomic mass is 9.60. The summed E-state index contributed by atoms with van der Waals surface area (Å²) in [6.45, 7) is 3.42. The van der Waals surface area contributed by atoms with Crippen LogP contribution in [0, 0.1) is 12.3 Å². The zero-order chi connectivity index (χ0) is 18.0. The fourth-order valence-electron chi connectivity index (χ4n) is 5.36. The lowest BCUT2D eigenvalue weighted by Crippen LogP contribution is -2.53. The maximum atomic E-state index is 12.3. The Morgan fingerprint density at radius 2 is 2.00 bits per heavy atom. The molecule has 0 aromatic heterocycles. The van der Waals surface area contributed by atoms with Crippen LogP contribution in [0.1, 0.15) is 48.8 Å². The number of hydrogen-bond donors (Lipinski definition) is 3. The zero-order valence-electron chi connectivity index (χ0n) is 14.7. The van der Waals surface area contributed by atoms with Crippen LogP contribution in [0.5, 0.6) is 5.75 Å². The largest absolute Gasteiger partial charge is 0.508 e. The summed E-state index contributed by atoms with van der Waals surface area (Å²) < 4.78 is 0. The summed E-state index contributed by atoms with van der Waals surface area (Å²) in [6, 6.07) is 7.66. The average molecular weight is 340 g/mol. The number of aryl methyl sites for hydroxylation is 2. The summed E-state index contributed by atoms with van der Waals surface area (Å²) in [5, 5.41) is 32.5. The Bertz CT molecular complexity index is 887. The lowest BCUT2D eigenvalue weighted by Gasteiger charge is -2.46. The lowest BCUT2D eigenvalue weighted by molar-refractivity contribution is -0.153. The average Bonchev–Trinajstić information content (AvgIpc) is 2.87. The predicted octanol–water partition coefficient (Wildman–Crippen LogP) is 2.98. The Labute approximate surface area is 147 Å². The minimum absolute atomic E-state index is 0.105. The molecule has 3 N–H and O–H groups in total. The van der Waals surface area contributed by atoms with Crippen LogP contribution in [-0.2, 0) is 11.2 Å². The Hall–Kier alpha value is -1.91. The molecule has 2 aliphatic carbocycles. The number of hydrogen-bond acceptors (Lipinski definition) is 4. The number of aliphatic hydroxyl groups is 2. The molecule has 2 aromatic carbocycles. The SMILES string of the molecule is Cc1cc2c(c3ccc(O)cc13)CC[C@@]1(C)[C@H]2CC[C@]1(O)C(=O)CO. The summed E-state index contributed by atoms with van der Waals surface area (Å²) >= 11 is 0. The first-order valence-corrected chi connectivity index (χ1v) is 8.93. The third-order valence-corrected chi connectivity index (χ3v) is 6.86. The van der Waals surface area contributed by atoms with Gasteiger partial charge in [-0.25, -0.2) is 0 Å². The molecule has 2 aromatic rings. The first kappa shape index (κ1) is 16.6. The molecule has 0 saturated heterocycles. The van der Waals surface area contributed by atoms with Gasteiger partial charge in [-0.1, -0.05) is 19.1 Å². The van der Waals surface area contributed by atoms with Gasteiger partial charge in [0.1, 0.15) is 18.0 Å². The minimum atomic E-state index is -1.44. The van der Waals surface area contributed by atoms with E-state index in [1.807, 2.05) is 19.9 Å². The molecule has 1 fully saturated rings. The highest BCUT2D eigenvalue weighted by Crippen LogP contribution is 2.61. The molecule has 0 amide bonds.